The molecule has 10 heteroatoms. The van der Waals surface area contributed by atoms with E-state index in [1.807, 2.05) is 24.3 Å². The number of hydrogen-bond acceptors (Lipinski definition) is 6. The van der Waals surface area contributed by atoms with Crippen LogP contribution in [0.15, 0.2) is 64.3 Å². The average molecular weight is 458 g/mol. The lowest BCUT2D eigenvalue weighted by Gasteiger charge is -2.02. The van der Waals surface area contributed by atoms with Crippen molar-refractivity contribution < 1.29 is 14.5 Å². The highest BCUT2D eigenvalue weighted by Crippen LogP contribution is 2.19. The summed E-state index contributed by atoms with van der Waals surface area (Å²) in [5.41, 5.74) is 3.13. The Balaban J connectivity index is 1.75. The molecule has 148 valence electrons. The molecule has 0 saturated heterocycles. The molecule has 0 saturated carbocycles. The van der Waals surface area contributed by atoms with Crippen LogP contribution in [0.25, 0.3) is 0 Å². The number of halogens is 1. The van der Waals surface area contributed by atoms with Crippen LogP contribution >= 0.6 is 15.9 Å². The van der Waals surface area contributed by atoms with E-state index in [2.05, 4.69) is 31.6 Å². The smallest absolute Gasteiger partial charge is 0.320 e. The highest BCUT2D eigenvalue weighted by molar-refractivity contribution is 9.10. The minimum atomic E-state index is -0.774. The number of aromatic nitrogens is 2. The first-order valence-electron chi connectivity index (χ1n) is 8.40. The standard InChI is InChI=1S/C19H16BrN5O4/c1-29-16-7-3-4-13(9-16)10-21-22-19(26)18-17(25(27)28)12-24(23-18)11-14-5-2-6-15(20)8-14/h2-10,12H,11H2,1H3,(H,22,26)/b21-10+. The molecule has 0 fully saturated rings. The zero-order valence-electron chi connectivity index (χ0n) is 15.3. The number of methoxy groups -OCH3 is 1. The zero-order chi connectivity index (χ0) is 20.8. The first-order valence-corrected chi connectivity index (χ1v) is 9.19. The summed E-state index contributed by atoms with van der Waals surface area (Å²) in [6, 6.07) is 14.5. The predicted octanol–water partition coefficient (Wildman–Crippen LogP) is 3.37. The highest BCUT2D eigenvalue weighted by Gasteiger charge is 2.25. The number of carbonyl (C=O) groups excluding carboxylic acids is 1. The predicted molar refractivity (Wildman–Crippen MR) is 110 cm³/mol. The molecule has 0 unspecified atom stereocenters. The van der Waals surface area contributed by atoms with Crippen LogP contribution in [0, 0.1) is 10.1 Å². The van der Waals surface area contributed by atoms with Gasteiger partial charge in [-0.05, 0) is 35.4 Å². The summed E-state index contributed by atoms with van der Waals surface area (Å²) >= 11 is 3.37. The van der Waals surface area contributed by atoms with Gasteiger partial charge in [-0.3, -0.25) is 19.6 Å². The Bertz CT molecular complexity index is 1080. The van der Waals surface area contributed by atoms with Gasteiger partial charge in [0.25, 0.3) is 5.91 Å². The number of amides is 1. The lowest BCUT2D eigenvalue weighted by molar-refractivity contribution is -0.385. The van der Waals surface area contributed by atoms with Gasteiger partial charge in [0.2, 0.25) is 5.69 Å². The van der Waals surface area contributed by atoms with Gasteiger partial charge >= 0.3 is 5.69 Å². The fourth-order valence-corrected chi connectivity index (χ4v) is 3.00. The Hall–Kier alpha value is -3.53. The molecule has 0 radical (unpaired) electrons. The monoisotopic (exact) mass is 457 g/mol. The quantitative estimate of drug-likeness (QED) is 0.332. The third-order valence-electron chi connectivity index (χ3n) is 3.86. The van der Waals surface area contributed by atoms with Gasteiger partial charge in [0.1, 0.15) is 11.9 Å². The van der Waals surface area contributed by atoms with Crippen LogP contribution < -0.4 is 10.2 Å². The fraction of sp³-hybridized carbons (Fsp3) is 0.105. The minimum absolute atomic E-state index is 0.278. The molecular formula is C19H16BrN5O4. The summed E-state index contributed by atoms with van der Waals surface area (Å²) in [5.74, 6) is -0.133. The number of carbonyl (C=O) groups is 1. The van der Waals surface area contributed by atoms with E-state index < -0.39 is 16.5 Å². The Morgan fingerprint density at radius 3 is 2.86 bits per heavy atom. The molecule has 1 N–H and O–H groups in total. The number of hydrazone groups is 1. The molecule has 0 spiro atoms. The number of benzene rings is 2. The van der Waals surface area contributed by atoms with Crippen molar-refractivity contribution in [2.75, 3.05) is 7.11 Å². The molecule has 0 aliphatic rings. The number of nitro groups is 1. The number of hydrogen-bond donors (Lipinski definition) is 1. The third-order valence-corrected chi connectivity index (χ3v) is 4.35. The molecule has 1 heterocycles. The molecule has 2 aromatic carbocycles. The number of nitrogens with one attached hydrogen (secondary N) is 1. The van der Waals surface area contributed by atoms with Gasteiger partial charge in [-0.1, -0.05) is 40.2 Å². The second-order valence-electron chi connectivity index (χ2n) is 5.92. The summed E-state index contributed by atoms with van der Waals surface area (Å²) < 4.78 is 7.34. The van der Waals surface area contributed by atoms with Crippen LogP contribution in [0.1, 0.15) is 21.6 Å². The summed E-state index contributed by atoms with van der Waals surface area (Å²) in [6.45, 7) is 0.278. The van der Waals surface area contributed by atoms with Crippen molar-refractivity contribution in [1.29, 1.82) is 0 Å². The molecule has 1 aromatic heterocycles. The Morgan fingerprint density at radius 2 is 2.14 bits per heavy atom. The maximum atomic E-state index is 12.4. The van der Waals surface area contributed by atoms with E-state index in [4.69, 9.17) is 4.74 Å². The van der Waals surface area contributed by atoms with Gasteiger partial charge in [0.05, 0.1) is 24.8 Å². The highest BCUT2D eigenvalue weighted by atomic mass is 79.9. The van der Waals surface area contributed by atoms with Gasteiger partial charge in [-0.25, -0.2) is 5.43 Å². The summed E-state index contributed by atoms with van der Waals surface area (Å²) in [4.78, 5) is 23.0. The second-order valence-corrected chi connectivity index (χ2v) is 6.84. The minimum Gasteiger partial charge on any atom is -0.497 e. The second kappa shape index (κ2) is 9.11. The van der Waals surface area contributed by atoms with Crippen LogP contribution in [0.5, 0.6) is 5.75 Å². The fourth-order valence-electron chi connectivity index (χ4n) is 2.55. The molecule has 9 nitrogen and oxygen atoms in total. The molecule has 0 bridgehead atoms. The first kappa shape index (κ1) is 20.2. The molecule has 3 aromatic rings. The molecule has 0 atom stereocenters. The van der Waals surface area contributed by atoms with Gasteiger partial charge < -0.3 is 4.74 Å². The maximum Gasteiger partial charge on any atom is 0.320 e. The van der Waals surface area contributed by atoms with E-state index in [1.54, 1.807) is 31.4 Å². The van der Waals surface area contributed by atoms with Crippen molar-refractivity contribution in [3.8, 4) is 5.75 Å². The number of rotatable bonds is 7. The van der Waals surface area contributed by atoms with Crippen molar-refractivity contribution in [3.63, 3.8) is 0 Å². The summed E-state index contributed by atoms with van der Waals surface area (Å²) in [7, 11) is 1.54. The van der Waals surface area contributed by atoms with E-state index in [0.717, 1.165) is 10.0 Å². The number of nitrogens with zero attached hydrogens (tertiary/aromatic N) is 4. The van der Waals surface area contributed by atoms with E-state index in [1.165, 1.54) is 17.1 Å². The molecular weight excluding hydrogens is 442 g/mol. The van der Waals surface area contributed by atoms with Gasteiger partial charge in [-0.2, -0.15) is 10.2 Å². The van der Waals surface area contributed by atoms with Crippen LogP contribution in [-0.2, 0) is 6.54 Å². The topological polar surface area (TPSA) is 112 Å². The molecule has 3 rings (SSSR count). The summed E-state index contributed by atoms with van der Waals surface area (Å²) in [5, 5.41) is 19.2. The lowest BCUT2D eigenvalue weighted by atomic mass is 10.2. The summed E-state index contributed by atoms with van der Waals surface area (Å²) in [6.07, 6.45) is 2.63. The molecule has 0 aliphatic heterocycles. The van der Waals surface area contributed by atoms with Gasteiger partial charge in [-0.15, -0.1) is 0 Å². The van der Waals surface area contributed by atoms with E-state index >= 15 is 0 Å². The van der Waals surface area contributed by atoms with E-state index in [0.29, 0.717) is 11.3 Å². The van der Waals surface area contributed by atoms with Crippen molar-refractivity contribution in [1.82, 2.24) is 15.2 Å². The van der Waals surface area contributed by atoms with Gasteiger partial charge in [0.15, 0.2) is 0 Å². The van der Waals surface area contributed by atoms with Crippen LogP contribution in [-0.4, -0.2) is 33.9 Å². The average Bonchev–Trinajstić information content (AvgIpc) is 3.12. The largest absolute Gasteiger partial charge is 0.497 e. The third kappa shape index (κ3) is 5.26. The van der Waals surface area contributed by atoms with Crippen LogP contribution in [0.3, 0.4) is 0 Å². The van der Waals surface area contributed by atoms with E-state index in [9.17, 15) is 14.9 Å². The molecule has 1 amide bonds. The SMILES string of the molecule is COc1cccc(/C=N/NC(=O)c2nn(Cc3cccc(Br)c3)cc2[N+](=O)[O-])c1. The Labute approximate surface area is 174 Å². The van der Waals surface area contributed by atoms with Crippen molar-refractivity contribution in [3.05, 3.63) is 86.1 Å². The van der Waals surface area contributed by atoms with Crippen molar-refractivity contribution in [2.24, 2.45) is 5.10 Å². The zero-order valence-corrected chi connectivity index (χ0v) is 16.9. The Kier molecular flexibility index (Phi) is 6.35. The lowest BCUT2D eigenvalue weighted by Crippen LogP contribution is -2.19. The normalized spacial score (nSPS) is 10.8. The number of ether oxygens (including phenoxy) is 1. The maximum absolute atomic E-state index is 12.4. The Morgan fingerprint density at radius 1 is 1.34 bits per heavy atom. The van der Waals surface area contributed by atoms with Crippen molar-refractivity contribution in [2.45, 2.75) is 6.54 Å². The van der Waals surface area contributed by atoms with E-state index in [-0.39, 0.29) is 12.2 Å². The van der Waals surface area contributed by atoms with Gasteiger partial charge in [0, 0.05) is 4.47 Å². The molecule has 0 aliphatic carbocycles. The van der Waals surface area contributed by atoms with Crippen molar-refractivity contribution >= 4 is 33.7 Å². The first-order chi connectivity index (χ1) is 14.0. The van der Waals surface area contributed by atoms with Crippen LogP contribution in [0.4, 0.5) is 5.69 Å². The van der Waals surface area contributed by atoms with Crippen LogP contribution in [0.2, 0.25) is 0 Å². The molecule has 29 heavy (non-hydrogen) atoms.